The predicted octanol–water partition coefficient (Wildman–Crippen LogP) is 2.26. The maximum absolute atomic E-state index is 10.7. The van der Waals surface area contributed by atoms with Gasteiger partial charge in [-0.1, -0.05) is 0 Å². The Labute approximate surface area is 87.1 Å². The second kappa shape index (κ2) is 4.91. The molecule has 0 atom stereocenters. The lowest BCUT2D eigenvalue weighted by Crippen LogP contribution is -1.99. The van der Waals surface area contributed by atoms with E-state index in [9.17, 15) is 4.79 Å². The summed E-state index contributed by atoms with van der Waals surface area (Å²) in [7, 11) is 1.58. The predicted molar refractivity (Wildman–Crippen MR) is 57.2 cm³/mol. The first-order chi connectivity index (χ1) is 6.69. The van der Waals surface area contributed by atoms with Crippen LogP contribution in [0.25, 0.3) is 0 Å². The molecule has 0 radical (unpaired) electrons. The summed E-state index contributed by atoms with van der Waals surface area (Å²) >= 11 is 1.63. The van der Waals surface area contributed by atoms with Crippen molar-refractivity contribution in [3.05, 3.63) is 29.3 Å². The number of thioether (sulfide) groups is 1. The lowest BCUT2D eigenvalue weighted by Gasteiger charge is -2.07. The minimum atomic E-state index is -0.907. The number of benzene rings is 1. The summed E-state index contributed by atoms with van der Waals surface area (Å²) in [5.41, 5.74) is 1.22. The highest BCUT2D eigenvalue weighted by atomic mass is 32.2. The Hall–Kier alpha value is -1.16. The van der Waals surface area contributed by atoms with Crippen LogP contribution in [0, 0.1) is 0 Å². The second-order valence-corrected chi connectivity index (χ2v) is 3.63. The number of carboxylic acids is 1. The number of carbonyl (C=O) groups is 1. The van der Waals surface area contributed by atoms with Crippen LogP contribution in [0.4, 0.5) is 0 Å². The van der Waals surface area contributed by atoms with Crippen molar-refractivity contribution in [3.63, 3.8) is 0 Å². The average molecular weight is 212 g/mol. The summed E-state index contributed by atoms with van der Waals surface area (Å²) in [6.07, 6.45) is 1.97. The van der Waals surface area contributed by atoms with Gasteiger partial charge in [0.05, 0.1) is 12.7 Å². The normalized spacial score (nSPS) is 9.86. The maximum Gasteiger partial charge on any atom is 0.335 e. The van der Waals surface area contributed by atoms with E-state index in [-0.39, 0.29) is 0 Å². The van der Waals surface area contributed by atoms with E-state index in [2.05, 4.69) is 0 Å². The molecular formula is C10H12O3S. The third-order valence-electron chi connectivity index (χ3n) is 1.83. The van der Waals surface area contributed by atoms with Crippen LogP contribution in [-0.2, 0) is 5.75 Å². The Morgan fingerprint density at radius 1 is 1.57 bits per heavy atom. The standard InChI is InChI=1S/C10H12O3S/c1-13-9-4-3-7(10(11)12)5-8(9)6-14-2/h3-5H,6H2,1-2H3,(H,11,12). The number of methoxy groups -OCH3 is 1. The first-order valence-corrected chi connectivity index (χ1v) is 5.47. The van der Waals surface area contributed by atoms with Gasteiger partial charge in [0, 0.05) is 11.3 Å². The molecule has 0 amide bonds. The monoisotopic (exact) mass is 212 g/mol. The van der Waals surface area contributed by atoms with Crippen LogP contribution >= 0.6 is 11.8 Å². The fraction of sp³-hybridized carbons (Fsp3) is 0.300. The van der Waals surface area contributed by atoms with Crippen molar-refractivity contribution < 1.29 is 14.6 Å². The van der Waals surface area contributed by atoms with E-state index < -0.39 is 5.97 Å². The van der Waals surface area contributed by atoms with Gasteiger partial charge < -0.3 is 9.84 Å². The molecule has 76 valence electrons. The molecule has 0 saturated heterocycles. The summed E-state index contributed by atoms with van der Waals surface area (Å²) in [6.45, 7) is 0. The van der Waals surface area contributed by atoms with Crippen molar-refractivity contribution in [1.29, 1.82) is 0 Å². The summed E-state index contributed by atoms with van der Waals surface area (Å²) < 4.78 is 5.13. The van der Waals surface area contributed by atoms with Crippen LogP contribution in [0.2, 0.25) is 0 Å². The fourth-order valence-corrected chi connectivity index (χ4v) is 1.72. The van der Waals surface area contributed by atoms with E-state index in [0.717, 1.165) is 17.1 Å². The average Bonchev–Trinajstić information content (AvgIpc) is 2.18. The van der Waals surface area contributed by atoms with Gasteiger partial charge in [-0.05, 0) is 24.5 Å². The maximum atomic E-state index is 10.7. The Bertz CT molecular complexity index is 336. The van der Waals surface area contributed by atoms with Crippen molar-refractivity contribution >= 4 is 17.7 Å². The Balaban J connectivity index is 3.07. The lowest BCUT2D eigenvalue weighted by molar-refractivity contribution is 0.0696. The molecule has 4 heteroatoms. The molecule has 0 aliphatic heterocycles. The SMILES string of the molecule is COc1ccc(C(=O)O)cc1CSC. The summed E-state index contributed by atoms with van der Waals surface area (Å²) in [6, 6.07) is 4.89. The summed E-state index contributed by atoms with van der Waals surface area (Å²) in [5, 5.41) is 8.79. The van der Waals surface area contributed by atoms with Crippen LogP contribution in [0.1, 0.15) is 15.9 Å². The van der Waals surface area contributed by atoms with E-state index in [1.807, 2.05) is 6.26 Å². The molecule has 1 aromatic carbocycles. The van der Waals surface area contributed by atoms with Gasteiger partial charge in [-0.15, -0.1) is 0 Å². The first kappa shape index (κ1) is 10.9. The second-order valence-electron chi connectivity index (χ2n) is 2.76. The fourth-order valence-electron chi connectivity index (χ4n) is 1.18. The van der Waals surface area contributed by atoms with Crippen LogP contribution in [0.5, 0.6) is 5.75 Å². The third kappa shape index (κ3) is 2.42. The van der Waals surface area contributed by atoms with Crippen molar-refractivity contribution in [2.45, 2.75) is 5.75 Å². The van der Waals surface area contributed by atoms with Gasteiger partial charge in [-0.2, -0.15) is 11.8 Å². The third-order valence-corrected chi connectivity index (χ3v) is 2.43. The molecular weight excluding hydrogens is 200 g/mol. The Morgan fingerprint density at radius 3 is 2.79 bits per heavy atom. The molecule has 3 nitrogen and oxygen atoms in total. The Morgan fingerprint density at radius 2 is 2.29 bits per heavy atom. The summed E-state index contributed by atoms with van der Waals surface area (Å²) in [5.74, 6) is 0.587. The molecule has 1 aromatic rings. The molecule has 1 N–H and O–H groups in total. The number of hydrogen-bond acceptors (Lipinski definition) is 3. The molecule has 0 aromatic heterocycles. The van der Waals surface area contributed by atoms with Crippen LogP contribution in [0.3, 0.4) is 0 Å². The topological polar surface area (TPSA) is 46.5 Å². The van der Waals surface area contributed by atoms with Crippen molar-refractivity contribution in [2.75, 3.05) is 13.4 Å². The number of hydrogen-bond donors (Lipinski definition) is 1. The number of rotatable bonds is 4. The molecule has 0 fully saturated rings. The molecule has 1 rings (SSSR count). The van der Waals surface area contributed by atoms with Crippen LogP contribution in [-0.4, -0.2) is 24.4 Å². The minimum absolute atomic E-state index is 0.301. The van der Waals surface area contributed by atoms with Gasteiger partial charge in [0.2, 0.25) is 0 Å². The van der Waals surface area contributed by atoms with Gasteiger partial charge in [-0.25, -0.2) is 4.79 Å². The van der Waals surface area contributed by atoms with Crippen molar-refractivity contribution in [1.82, 2.24) is 0 Å². The Kier molecular flexibility index (Phi) is 3.83. The van der Waals surface area contributed by atoms with Crippen LogP contribution in [0.15, 0.2) is 18.2 Å². The highest BCUT2D eigenvalue weighted by Gasteiger charge is 2.07. The molecule has 14 heavy (non-hydrogen) atoms. The minimum Gasteiger partial charge on any atom is -0.496 e. The number of carboxylic acid groups (broad SMARTS) is 1. The van der Waals surface area contributed by atoms with Gasteiger partial charge in [0.1, 0.15) is 5.75 Å². The zero-order chi connectivity index (χ0) is 10.6. The van der Waals surface area contributed by atoms with Crippen LogP contribution < -0.4 is 4.74 Å². The summed E-state index contributed by atoms with van der Waals surface area (Å²) in [4.78, 5) is 10.7. The van der Waals surface area contributed by atoms with Crippen molar-refractivity contribution in [2.24, 2.45) is 0 Å². The largest absolute Gasteiger partial charge is 0.496 e. The quantitative estimate of drug-likeness (QED) is 0.831. The van der Waals surface area contributed by atoms with Gasteiger partial charge >= 0.3 is 5.97 Å². The van der Waals surface area contributed by atoms with Gasteiger partial charge in [-0.3, -0.25) is 0 Å². The zero-order valence-corrected chi connectivity index (χ0v) is 8.93. The van der Waals surface area contributed by atoms with Gasteiger partial charge in [0.25, 0.3) is 0 Å². The highest BCUT2D eigenvalue weighted by molar-refractivity contribution is 7.97. The van der Waals surface area contributed by atoms with E-state index >= 15 is 0 Å². The van der Waals surface area contributed by atoms with E-state index in [1.54, 1.807) is 37.1 Å². The molecule has 0 unspecified atom stereocenters. The lowest BCUT2D eigenvalue weighted by atomic mass is 10.1. The van der Waals surface area contributed by atoms with E-state index in [1.165, 1.54) is 0 Å². The molecule has 0 saturated carbocycles. The molecule has 0 bridgehead atoms. The zero-order valence-electron chi connectivity index (χ0n) is 8.11. The number of ether oxygens (including phenoxy) is 1. The molecule has 0 aliphatic rings. The smallest absolute Gasteiger partial charge is 0.335 e. The highest BCUT2D eigenvalue weighted by Crippen LogP contribution is 2.23. The first-order valence-electron chi connectivity index (χ1n) is 4.08. The van der Waals surface area contributed by atoms with E-state index in [4.69, 9.17) is 9.84 Å². The molecule has 0 heterocycles. The molecule has 0 aliphatic carbocycles. The van der Waals surface area contributed by atoms with E-state index in [0.29, 0.717) is 5.56 Å². The van der Waals surface area contributed by atoms with Gasteiger partial charge in [0.15, 0.2) is 0 Å². The molecule has 0 spiro atoms. The number of aromatic carboxylic acids is 1. The van der Waals surface area contributed by atoms with Crippen molar-refractivity contribution in [3.8, 4) is 5.75 Å².